The number of hydrogen-bond donors (Lipinski definition) is 0. The summed E-state index contributed by atoms with van der Waals surface area (Å²) in [7, 11) is 0. The Balaban J connectivity index is 2.43. The van der Waals surface area contributed by atoms with E-state index in [0.29, 0.717) is 10.6 Å². The summed E-state index contributed by atoms with van der Waals surface area (Å²) in [6.45, 7) is 3.59. The fourth-order valence-corrected chi connectivity index (χ4v) is 2.63. The van der Waals surface area contributed by atoms with Gasteiger partial charge < -0.3 is 4.42 Å². The zero-order valence-electron chi connectivity index (χ0n) is 9.43. The zero-order valence-corrected chi connectivity index (χ0v) is 11.8. The number of furan rings is 1. The molecule has 2 aromatic rings. The fraction of sp³-hybridized carbons (Fsp3) is 0.231. The van der Waals surface area contributed by atoms with Crippen LogP contribution in [0.5, 0.6) is 0 Å². The van der Waals surface area contributed by atoms with E-state index in [2.05, 4.69) is 15.9 Å². The number of hydrogen-bond acceptors (Lipinski definition) is 1. The summed E-state index contributed by atoms with van der Waals surface area (Å²) in [6, 6.07) is 6.82. The second kappa shape index (κ2) is 4.83. The molecular formula is C13H11BrClFO. The molecular weight excluding hydrogens is 306 g/mol. The molecule has 0 aliphatic heterocycles. The first-order chi connectivity index (χ1) is 7.99. The quantitative estimate of drug-likeness (QED) is 0.696. The Kier molecular flexibility index (Phi) is 3.59. The predicted molar refractivity (Wildman–Crippen MR) is 70.4 cm³/mol. The first-order valence-corrected chi connectivity index (χ1v) is 6.44. The Hall–Kier alpha value is -0.800. The average molecular weight is 318 g/mol. The van der Waals surface area contributed by atoms with Crippen molar-refractivity contribution in [2.75, 3.05) is 0 Å². The summed E-state index contributed by atoms with van der Waals surface area (Å²) in [6.07, 6.45) is 0. The van der Waals surface area contributed by atoms with Gasteiger partial charge in [-0.3, -0.25) is 0 Å². The molecule has 0 saturated heterocycles. The smallest absolute Gasteiger partial charge is 0.127 e. The van der Waals surface area contributed by atoms with Crippen LogP contribution in [0.1, 0.15) is 27.5 Å². The molecule has 1 heterocycles. The van der Waals surface area contributed by atoms with Gasteiger partial charge >= 0.3 is 0 Å². The molecule has 90 valence electrons. The van der Waals surface area contributed by atoms with Crippen molar-refractivity contribution in [2.24, 2.45) is 0 Å². The predicted octanol–water partition coefficient (Wildman–Crippen LogP) is 5.17. The molecule has 0 N–H and O–H groups in total. The van der Waals surface area contributed by atoms with Crippen molar-refractivity contribution in [1.29, 1.82) is 0 Å². The first-order valence-electron chi connectivity index (χ1n) is 5.15. The molecule has 0 amide bonds. The van der Waals surface area contributed by atoms with Gasteiger partial charge in [0.2, 0.25) is 0 Å². The van der Waals surface area contributed by atoms with Gasteiger partial charge in [0.05, 0.1) is 4.83 Å². The highest BCUT2D eigenvalue weighted by Gasteiger charge is 2.18. The van der Waals surface area contributed by atoms with Crippen molar-refractivity contribution in [3.05, 3.63) is 57.8 Å². The van der Waals surface area contributed by atoms with Crippen LogP contribution in [-0.4, -0.2) is 0 Å². The fourth-order valence-electron chi connectivity index (χ4n) is 1.62. The second-order valence-corrected chi connectivity index (χ2v) is 5.26. The van der Waals surface area contributed by atoms with Crippen molar-refractivity contribution < 1.29 is 8.81 Å². The maximum Gasteiger partial charge on any atom is 0.127 e. The van der Waals surface area contributed by atoms with Gasteiger partial charge in [-0.15, -0.1) is 0 Å². The standard InChI is InChI=1S/C13H11BrClFO/c1-7-5-9(10(15)6-11(7)16)13(14)12-4-3-8(2)17-12/h3-6,13H,1-2H3. The number of halogens is 3. The maximum absolute atomic E-state index is 13.3. The van der Waals surface area contributed by atoms with Crippen LogP contribution in [-0.2, 0) is 0 Å². The molecule has 0 bridgehead atoms. The van der Waals surface area contributed by atoms with E-state index in [1.165, 1.54) is 6.07 Å². The van der Waals surface area contributed by atoms with E-state index in [9.17, 15) is 4.39 Å². The molecule has 17 heavy (non-hydrogen) atoms. The van der Waals surface area contributed by atoms with Gasteiger partial charge in [0.1, 0.15) is 17.3 Å². The Bertz CT molecular complexity index is 550. The van der Waals surface area contributed by atoms with Crippen LogP contribution in [0, 0.1) is 19.7 Å². The van der Waals surface area contributed by atoms with E-state index in [4.69, 9.17) is 16.0 Å². The number of alkyl halides is 1. The van der Waals surface area contributed by atoms with E-state index in [1.807, 2.05) is 19.1 Å². The number of benzene rings is 1. The average Bonchev–Trinajstić information content (AvgIpc) is 2.69. The largest absolute Gasteiger partial charge is 0.465 e. The molecule has 2 rings (SSSR count). The molecule has 0 spiro atoms. The van der Waals surface area contributed by atoms with Crippen LogP contribution in [0.15, 0.2) is 28.7 Å². The molecule has 0 aliphatic carbocycles. The SMILES string of the molecule is Cc1ccc(C(Br)c2cc(C)c(F)cc2Cl)o1. The minimum atomic E-state index is -0.297. The lowest BCUT2D eigenvalue weighted by molar-refractivity contribution is 0.492. The van der Waals surface area contributed by atoms with Crippen molar-refractivity contribution in [1.82, 2.24) is 0 Å². The highest BCUT2D eigenvalue weighted by molar-refractivity contribution is 9.09. The zero-order chi connectivity index (χ0) is 12.6. The minimum absolute atomic E-state index is 0.164. The van der Waals surface area contributed by atoms with Crippen LogP contribution in [0.2, 0.25) is 5.02 Å². The molecule has 1 aromatic heterocycles. The Morgan fingerprint density at radius 1 is 1.29 bits per heavy atom. The van der Waals surface area contributed by atoms with Crippen molar-refractivity contribution in [3.8, 4) is 0 Å². The second-order valence-electron chi connectivity index (χ2n) is 3.93. The molecule has 0 aliphatic rings. The third-order valence-corrected chi connectivity index (χ3v) is 3.83. The molecule has 4 heteroatoms. The van der Waals surface area contributed by atoms with Crippen LogP contribution in [0.3, 0.4) is 0 Å². The van der Waals surface area contributed by atoms with E-state index >= 15 is 0 Å². The van der Waals surface area contributed by atoms with E-state index in [1.54, 1.807) is 13.0 Å². The molecule has 0 radical (unpaired) electrons. The minimum Gasteiger partial charge on any atom is -0.465 e. The lowest BCUT2D eigenvalue weighted by Gasteiger charge is -2.11. The first kappa shape index (κ1) is 12.7. The van der Waals surface area contributed by atoms with Gasteiger partial charge in [-0.1, -0.05) is 33.6 Å². The molecule has 1 nitrogen and oxygen atoms in total. The van der Waals surface area contributed by atoms with Gasteiger partial charge in [0.15, 0.2) is 0 Å². The van der Waals surface area contributed by atoms with Crippen molar-refractivity contribution in [3.63, 3.8) is 0 Å². The van der Waals surface area contributed by atoms with Gasteiger partial charge in [-0.05, 0) is 43.2 Å². The molecule has 1 atom stereocenters. The highest BCUT2D eigenvalue weighted by Crippen LogP contribution is 2.37. The highest BCUT2D eigenvalue weighted by atomic mass is 79.9. The third kappa shape index (κ3) is 2.55. The Morgan fingerprint density at radius 2 is 2.00 bits per heavy atom. The van der Waals surface area contributed by atoms with Crippen molar-refractivity contribution in [2.45, 2.75) is 18.7 Å². The number of aryl methyl sites for hydroxylation is 2. The lowest BCUT2D eigenvalue weighted by atomic mass is 10.1. The van der Waals surface area contributed by atoms with E-state index in [-0.39, 0.29) is 10.6 Å². The summed E-state index contributed by atoms with van der Waals surface area (Å²) in [5.74, 6) is 1.30. The summed E-state index contributed by atoms with van der Waals surface area (Å²) < 4.78 is 18.8. The van der Waals surface area contributed by atoms with Gasteiger partial charge in [-0.25, -0.2) is 4.39 Å². The van der Waals surface area contributed by atoms with Crippen LogP contribution in [0.4, 0.5) is 4.39 Å². The van der Waals surface area contributed by atoms with Gasteiger partial charge in [0, 0.05) is 5.02 Å². The molecule has 0 saturated carbocycles. The van der Waals surface area contributed by atoms with Crippen LogP contribution >= 0.6 is 27.5 Å². The summed E-state index contributed by atoms with van der Waals surface area (Å²) >= 11 is 9.56. The van der Waals surface area contributed by atoms with Crippen LogP contribution < -0.4 is 0 Å². The summed E-state index contributed by atoms with van der Waals surface area (Å²) in [4.78, 5) is -0.164. The summed E-state index contributed by atoms with van der Waals surface area (Å²) in [5.41, 5.74) is 1.37. The van der Waals surface area contributed by atoms with Gasteiger partial charge in [-0.2, -0.15) is 0 Å². The normalized spacial score (nSPS) is 12.8. The molecule has 0 fully saturated rings. The maximum atomic E-state index is 13.3. The van der Waals surface area contributed by atoms with E-state index < -0.39 is 0 Å². The summed E-state index contributed by atoms with van der Waals surface area (Å²) in [5, 5.41) is 0.393. The van der Waals surface area contributed by atoms with Crippen LogP contribution in [0.25, 0.3) is 0 Å². The van der Waals surface area contributed by atoms with Crippen molar-refractivity contribution >= 4 is 27.5 Å². The van der Waals surface area contributed by atoms with E-state index in [0.717, 1.165) is 17.1 Å². The molecule has 1 aromatic carbocycles. The lowest BCUT2D eigenvalue weighted by Crippen LogP contribution is -1.95. The monoisotopic (exact) mass is 316 g/mol. The Morgan fingerprint density at radius 3 is 2.59 bits per heavy atom. The number of rotatable bonds is 2. The molecule has 1 unspecified atom stereocenters. The topological polar surface area (TPSA) is 13.1 Å². The third-order valence-electron chi connectivity index (χ3n) is 2.56. The van der Waals surface area contributed by atoms with Gasteiger partial charge in [0.25, 0.3) is 0 Å². The Labute approximate surface area is 113 Å².